The zero-order valence-corrected chi connectivity index (χ0v) is 69.4. The second-order valence-electron chi connectivity index (χ2n) is 30.1. The van der Waals surface area contributed by atoms with Gasteiger partial charge in [0.1, 0.15) is 19.3 Å². The van der Waals surface area contributed by atoms with Crippen LogP contribution in [0.15, 0.2) is 24.3 Å². The van der Waals surface area contributed by atoms with Crippen LogP contribution in [0.5, 0.6) is 0 Å². The summed E-state index contributed by atoms with van der Waals surface area (Å²) < 4.78 is 68.8. The minimum atomic E-state index is -4.97. The van der Waals surface area contributed by atoms with Crippen LogP contribution in [0.2, 0.25) is 0 Å². The second-order valence-corrected chi connectivity index (χ2v) is 33.0. The van der Waals surface area contributed by atoms with Gasteiger partial charge in [0.05, 0.1) is 26.4 Å². The standard InChI is InChI=1S/C85H162O17P2/c1-6-10-13-16-19-22-25-28-31-33-35-37-40-43-46-49-56-61-66-71-84(89)101-80(74-95-82(87)68-63-58-53-47-44-41-39-36-34-32-29-26-23-20-17-14-11-7-2)76-99-103(91,92)97-72-79(86)73-98-104(93,94)100-77-81(75-96-83(88)69-64-59-54-51-50-52-57-62-67-78(5)9-4)102-85(90)70-65-60-55-48-45-42-38-30-27-24-21-18-15-12-8-3/h24,27,30,38,78-81,86H,6-23,25-26,28-29,31-37,39-77H2,1-5H3,(H,91,92)(H,93,94)/b27-24-,38-30-/t78?,79-,80-,81-/m1/s1. The van der Waals surface area contributed by atoms with Crippen LogP contribution in [0.1, 0.15) is 433 Å². The van der Waals surface area contributed by atoms with E-state index in [1.807, 2.05) is 0 Å². The molecule has 0 spiro atoms. The lowest BCUT2D eigenvalue weighted by molar-refractivity contribution is -0.161. The first-order valence-electron chi connectivity index (χ1n) is 43.5. The van der Waals surface area contributed by atoms with Gasteiger partial charge in [0.2, 0.25) is 0 Å². The molecular formula is C85H162O17P2. The Hall–Kier alpha value is -2.46. The molecular weight excluding hydrogens is 1350 g/mol. The van der Waals surface area contributed by atoms with Crippen LogP contribution >= 0.6 is 15.6 Å². The van der Waals surface area contributed by atoms with Crippen LogP contribution in [-0.2, 0) is 65.4 Å². The third-order valence-corrected chi connectivity index (χ3v) is 21.7. The Morgan fingerprint density at radius 3 is 0.817 bits per heavy atom. The van der Waals surface area contributed by atoms with Crippen LogP contribution in [0.3, 0.4) is 0 Å². The molecule has 0 aromatic rings. The van der Waals surface area contributed by atoms with Gasteiger partial charge in [-0.25, -0.2) is 9.13 Å². The van der Waals surface area contributed by atoms with Gasteiger partial charge in [0.15, 0.2) is 12.2 Å². The molecule has 17 nitrogen and oxygen atoms in total. The number of phosphoric ester groups is 2. The lowest BCUT2D eigenvalue weighted by Crippen LogP contribution is -2.30. The number of unbranched alkanes of at least 4 members (excludes halogenated alkanes) is 51. The average Bonchev–Trinajstić information content (AvgIpc) is 0.928. The molecule has 0 fully saturated rings. The number of phosphoric acid groups is 2. The number of carbonyl (C=O) groups excluding carboxylic acids is 4. The lowest BCUT2D eigenvalue weighted by Gasteiger charge is -2.21. The van der Waals surface area contributed by atoms with E-state index >= 15 is 0 Å². The van der Waals surface area contributed by atoms with Crippen LogP contribution in [-0.4, -0.2) is 96.7 Å². The number of aliphatic hydroxyl groups excluding tert-OH is 1. The van der Waals surface area contributed by atoms with Crippen molar-refractivity contribution < 1.29 is 80.2 Å². The summed E-state index contributed by atoms with van der Waals surface area (Å²) in [5.74, 6) is -1.36. The van der Waals surface area contributed by atoms with Gasteiger partial charge >= 0.3 is 39.5 Å². The summed E-state index contributed by atoms with van der Waals surface area (Å²) in [6.45, 7) is 7.29. The highest BCUT2D eigenvalue weighted by Gasteiger charge is 2.30. The molecule has 0 aromatic heterocycles. The van der Waals surface area contributed by atoms with E-state index in [9.17, 15) is 43.2 Å². The van der Waals surface area contributed by atoms with Crippen molar-refractivity contribution in [2.24, 2.45) is 5.92 Å². The predicted molar refractivity (Wildman–Crippen MR) is 428 cm³/mol. The van der Waals surface area contributed by atoms with Crippen molar-refractivity contribution in [3.63, 3.8) is 0 Å². The minimum absolute atomic E-state index is 0.0851. The zero-order chi connectivity index (χ0) is 76.2. The summed E-state index contributed by atoms with van der Waals surface area (Å²) >= 11 is 0. The van der Waals surface area contributed by atoms with E-state index in [2.05, 4.69) is 58.9 Å². The first kappa shape index (κ1) is 102. The Morgan fingerprint density at radius 1 is 0.308 bits per heavy atom. The molecule has 104 heavy (non-hydrogen) atoms. The molecule has 0 aromatic carbocycles. The van der Waals surface area contributed by atoms with Gasteiger partial charge in [-0.15, -0.1) is 0 Å². The van der Waals surface area contributed by atoms with E-state index in [4.69, 9.17) is 37.0 Å². The first-order chi connectivity index (χ1) is 50.6. The fraction of sp³-hybridized carbons (Fsp3) is 0.906. The van der Waals surface area contributed by atoms with Crippen LogP contribution in [0.4, 0.5) is 0 Å². The highest BCUT2D eigenvalue weighted by Crippen LogP contribution is 2.45. The molecule has 0 aliphatic rings. The molecule has 19 heteroatoms. The topological polar surface area (TPSA) is 237 Å². The molecule has 0 rings (SSSR count). The van der Waals surface area contributed by atoms with Crippen LogP contribution in [0, 0.1) is 5.92 Å². The summed E-state index contributed by atoms with van der Waals surface area (Å²) in [4.78, 5) is 73.2. The molecule has 3 unspecified atom stereocenters. The minimum Gasteiger partial charge on any atom is -0.462 e. The van der Waals surface area contributed by atoms with Crippen LogP contribution < -0.4 is 0 Å². The molecule has 0 aliphatic carbocycles. The van der Waals surface area contributed by atoms with Crippen molar-refractivity contribution in [2.75, 3.05) is 39.6 Å². The maximum Gasteiger partial charge on any atom is 0.472 e. The fourth-order valence-corrected chi connectivity index (χ4v) is 14.3. The fourth-order valence-electron chi connectivity index (χ4n) is 12.7. The number of ether oxygens (including phenoxy) is 4. The van der Waals surface area contributed by atoms with E-state index in [1.54, 1.807) is 0 Å². The Labute approximate surface area is 637 Å². The van der Waals surface area contributed by atoms with E-state index in [0.717, 1.165) is 109 Å². The summed E-state index contributed by atoms with van der Waals surface area (Å²) in [6, 6.07) is 0. The van der Waals surface area contributed by atoms with Gasteiger partial charge in [-0.05, 0) is 57.3 Å². The maximum absolute atomic E-state index is 13.1. The van der Waals surface area contributed by atoms with Gasteiger partial charge in [-0.2, -0.15) is 0 Å². The number of aliphatic hydroxyl groups is 1. The Balaban J connectivity index is 5.29. The smallest absolute Gasteiger partial charge is 0.462 e. The number of carbonyl (C=O) groups is 4. The van der Waals surface area contributed by atoms with Crippen LogP contribution in [0.25, 0.3) is 0 Å². The molecule has 0 heterocycles. The van der Waals surface area contributed by atoms with Crippen molar-refractivity contribution in [1.82, 2.24) is 0 Å². The van der Waals surface area contributed by atoms with Gasteiger partial charge < -0.3 is 33.8 Å². The molecule has 3 N–H and O–H groups in total. The van der Waals surface area contributed by atoms with Gasteiger partial charge in [-0.3, -0.25) is 37.3 Å². The number of hydrogen-bond acceptors (Lipinski definition) is 15. The number of hydrogen-bond donors (Lipinski definition) is 3. The van der Waals surface area contributed by atoms with E-state index in [-0.39, 0.29) is 25.7 Å². The Morgan fingerprint density at radius 2 is 0.538 bits per heavy atom. The Bertz CT molecular complexity index is 2080. The average molecular weight is 1520 g/mol. The summed E-state index contributed by atoms with van der Waals surface area (Å²) in [5, 5.41) is 10.7. The van der Waals surface area contributed by atoms with Gasteiger partial charge in [-0.1, -0.05) is 380 Å². The van der Waals surface area contributed by atoms with Crippen molar-refractivity contribution >= 4 is 39.5 Å². The number of allylic oxidation sites excluding steroid dienone is 4. The molecule has 0 saturated heterocycles. The predicted octanol–water partition coefficient (Wildman–Crippen LogP) is 25.5. The van der Waals surface area contributed by atoms with Crippen molar-refractivity contribution in [1.29, 1.82) is 0 Å². The molecule has 0 amide bonds. The molecule has 6 atom stereocenters. The normalized spacial score (nSPS) is 14.2. The zero-order valence-electron chi connectivity index (χ0n) is 67.7. The Kier molecular flexibility index (Phi) is 75.4. The molecule has 614 valence electrons. The van der Waals surface area contributed by atoms with Crippen molar-refractivity contribution in [2.45, 2.75) is 451 Å². The third-order valence-electron chi connectivity index (χ3n) is 19.8. The SMILES string of the molecule is CCCCCC/C=C\C=C/CCCCCCCC(=O)O[C@H](COC(=O)CCCCCCCCCCC(C)CC)COP(=O)(O)OC[C@H](O)COP(=O)(O)OC[C@@H](COC(=O)CCCCCCCCCCCCCCCCCCCC)OC(=O)CCCCCCCCCCCCCCCCCCCCC. The van der Waals surface area contributed by atoms with Crippen molar-refractivity contribution in [3.8, 4) is 0 Å². The molecule has 0 aliphatic heterocycles. The number of rotatable bonds is 83. The van der Waals surface area contributed by atoms with E-state index in [0.29, 0.717) is 25.7 Å². The third kappa shape index (κ3) is 76.3. The molecule has 0 radical (unpaired) electrons. The summed E-state index contributed by atoms with van der Waals surface area (Å²) in [6.07, 6.45) is 72.9. The largest absolute Gasteiger partial charge is 0.472 e. The lowest BCUT2D eigenvalue weighted by atomic mass is 9.99. The monoisotopic (exact) mass is 1520 g/mol. The van der Waals surface area contributed by atoms with Crippen molar-refractivity contribution in [3.05, 3.63) is 24.3 Å². The van der Waals surface area contributed by atoms with Gasteiger partial charge in [0.25, 0.3) is 0 Å². The quantitative estimate of drug-likeness (QED) is 0.0169. The van der Waals surface area contributed by atoms with Gasteiger partial charge in [0, 0.05) is 25.7 Å². The first-order valence-corrected chi connectivity index (χ1v) is 46.5. The van der Waals surface area contributed by atoms with E-state index in [1.165, 1.54) is 244 Å². The molecule has 0 bridgehead atoms. The highest BCUT2D eigenvalue weighted by atomic mass is 31.2. The number of esters is 4. The van der Waals surface area contributed by atoms with E-state index < -0.39 is 97.5 Å². The maximum atomic E-state index is 13.1. The highest BCUT2D eigenvalue weighted by molar-refractivity contribution is 7.47. The summed E-state index contributed by atoms with van der Waals surface area (Å²) in [5.41, 5.74) is 0. The summed E-state index contributed by atoms with van der Waals surface area (Å²) in [7, 11) is -9.94. The molecule has 0 saturated carbocycles. The second kappa shape index (κ2) is 77.3.